The molecular formula is C28H39NO3. The topological polar surface area (TPSA) is 72.5 Å². The Labute approximate surface area is 193 Å². The van der Waals surface area contributed by atoms with Gasteiger partial charge < -0.3 is 15.6 Å². The number of hydrogen-bond donors (Lipinski definition) is 2. The first-order chi connectivity index (χ1) is 15.5. The second-order valence-electron chi connectivity index (χ2n) is 8.53. The summed E-state index contributed by atoms with van der Waals surface area (Å²) in [4.78, 5) is 12.7. The van der Waals surface area contributed by atoms with Crippen molar-refractivity contribution in [2.24, 2.45) is 0 Å². The fourth-order valence-corrected chi connectivity index (χ4v) is 3.74. The summed E-state index contributed by atoms with van der Waals surface area (Å²) >= 11 is 0. The van der Waals surface area contributed by atoms with Gasteiger partial charge in [0.25, 0.3) is 5.79 Å². The van der Waals surface area contributed by atoms with Crippen LogP contribution in [0.4, 0.5) is 5.69 Å². The highest BCUT2D eigenvalue weighted by atomic mass is 16.6. The maximum Gasteiger partial charge on any atom is 0.292 e. The number of carbonyl (C=O) groups excluding carboxylic acids is 1. The van der Waals surface area contributed by atoms with Crippen molar-refractivity contribution in [1.29, 1.82) is 0 Å². The predicted molar refractivity (Wildman–Crippen MR) is 133 cm³/mol. The lowest BCUT2D eigenvalue weighted by atomic mass is 10.0. The van der Waals surface area contributed by atoms with Crippen molar-refractivity contribution >= 4 is 11.5 Å². The van der Waals surface area contributed by atoms with E-state index in [1.54, 1.807) is 36.4 Å². The van der Waals surface area contributed by atoms with E-state index in [4.69, 9.17) is 10.5 Å². The summed E-state index contributed by atoms with van der Waals surface area (Å²) in [6.45, 7) is 5.84. The number of benzene rings is 2. The highest BCUT2D eigenvalue weighted by Crippen LogP contribution is 2.23. The number of aryl methyl sites for hydroxylation is 1. The third kappa shape index (κ3) is 8.51. The number of anilines is 1. The molecule has 174 valence electrons. The Balaban J connectivity index is 1.75. The molecule has 0 aliphatic heterocycles. The number of carbonyl (C=O) groups is 1. The second kappa shape index (κ2) is 13.7. The molecule has 1 atom stereocenters. The highest BCUT2D eigenvalue weighted by molar-refractivity contribution is 6.03. The van der Waals surface area contributed by atoms with Crippen LogP contribution in [0, 0.1) is 0 Å². The van der Waals surface area contributed by atoms with Gasteiger partial charge >= 0.3 is 0 Å². The normalized spacial score (nSPS) is 12.8. The Morgan fingerprint density at radius 1 is 0.906 bits per heavy atom. The van der Waals surface area contributed by atoms with Crippen LogP contribution in [0.2, 0.25) is 0 Å². The number of ketones is 1. The van der Waals surface area contributed by atoms with Crippen LogP contribution in [0.1, 0.15) is 87.1 Å². The Kier molecular flexibility index (Phi) is 11.0. The minimum Gasteiger partial charge on any atom is -0.451 e. The SMILES string of the molecule is C=CC(O)(Oc1ccc(CCCCCCCCCCCC)cc1)C(=O)c1ccc(N)cc1. The van der Waals surface area contributed by atoms with Gasteiger partial charge in [-0.05, 0) is 60.9 Å². The van der Waals surface area contributed by atoms with Gasteiger partial charge in [0, 0.05) is 11.3 Å². The summed E-state index contributed by atoms with van der Waals surface area (Å²) in [5.41, 5.74) is 7.74. The number of rotatable bonds is 16. The number of unbranched alkanes of at least 4 members (excludes halogenated alkanes) is 9. The van der Waals surface area contributed by atoms with Crippen molar-refractivity contribution in [2.45, 2.75) is 83.3 Å². The summed E-state index contributed by atoms with van der Waals surface area (Å²) in [5.74, 6) is -2.29. The first-order valence-electron chi connectivity index (χ1n) is 12.0. The summed E-state index contributed by atoms with van der Waals surface area (Å²) in [7, 11) is 0. The van der Waals surface area contributed by atoms with Gasteiger partial charge in [-0.1, -0.05) is 83.4 Å². The van der Waals surface area contributed by atoms with Crippen LogP contribution in [-0.4, -0.2) is 16.7 Å². The Morgan fingerprint density at radius 3 is 1.97 bits per heavy atom. The summed E-state index contributed by atoms with van der Waals surface area (Å²) in [5, 5.41) is 10.7. The van der Waals surface area contributed by atoms with Crippen LogP contribution in [-0.2, 0) is 6.42 Å². The number of ether oxygens (including phenoxy) is 1. The third-order valence-corrected chi connectivity index (χ3v) is 5.79. The summed E-state index contributed by atoms with van der Waals surface area (Å²) < 4.78 is 5.61. The van der Waals surface area contributed by atoms with Gasteiger partial charge in [0.2, 0.25) is 5.78 Å². The molecule has 2 rings (SSSR count). The van der Waals surface area contributed by atoms with E-state index in [-0.39, 0.29) is 0 Å². The van der Waals surface area contributed by atoms with Gasteiger partial charge in [0.1, 0.15) is 5.75 Å². The first kappa shape index (κ1) is 25.7. The molecule has 0 radical (unpaired) electrons. The molecule has 0 saturated heterocycles. The molecule has 1 unspecified atom stereocenters. The zero-order chi connectivity index (χ0) is 23.2. The molecule has 0 aliphatic carbocycles. The van der Waals surface area contributed by atoms with Crippen molar-refractivity contribution in [3.63, 3.8) is 0 Å². The third-order valence-electron chi connectivity index (χ3n) is 5.79. The van der Waals surface area contributed by atoms with E-state index in [0.29, 0.717) is 17.0 Å². The van der Waals surface area contributed by atoms with Crippen LogP contribution >= 0.6 is 0 Å². The zero-order valence-electron chi connectivity index (χ0n) is 19.5. The minimum absolute atomic E-state index is 0.305. The van der Waals surface area contributed by atoms with E-state index in [0.717, 1.165) is 12.5 Å². The van der Waals surface area contributed by atoms with Crippen molar-refractivity contribution < 1.29 is 14.6 Å². The molecule has 4 heteroatoms. The number of nitrogen functional groups attached to an aromatic ring is 1. The van der Waals surface area contributed by atoms with Crippen molar-refractivity contribution in [3.05, 3.63) is 72.3 Å². The number of hydrogen-bond acceptors (Lipinski definition) is 4. The molecule has 0 heterocycles. The van der Waals surface area contributed by atoms with Crippen LogP contribution in [0.3, 0.4) is 0 Å². The lowest BCUT2D eigenvalue weighted by Gasteiger charge is -2.24. The number of aliphatic hydroxyl groups is 1. The average Bonchev–Trinajstić information content (AvgIpc) is 2.81. The largest absolute Gasteiger partial charge is 0.451 e. The molecule has 2 aromatic rings. The van der Waals surface area contributed by atoms with E-state index in [9.17, 15) is 9.90 Å². The van der Waals surface area contributed by atoms with Gasteiger partial charge in [0.05, 0.1) is 0 Å². The molecule has 0 aromatic heterocycles. The first-order valence-corrected chi connectivity index (χ1v) is 12.0. The van der Waals surface area contributed by atoms with E-state index in [2.05, 4.69) is 13.5 Å². The van der Waals surface area contributed by atoms with Gasteiger partial charge in [-0.2, -0.15) is 0 Å². The van der Waals surface area contributed by atoms with Gasteiger partial charge in [-0.25, -0.2) is 0 Å². The Hall–Kier alpha value is -2.59. The molecule has 3 N–H and O–H groups in total. The van der Waals surface area contributed by atoms with E-state index < -0.39 is 11.6 Å². The van der Waals surface area contributed by atoms with Crippen LogP contribution < -0.4 is 10.5 Å². The van der Waals surface area contributed by atoms with E-state index in [1.807, 2.05) is 12.1 Å². The van der Waals surface area contributed by atoms with Crippen LogP contribution in [0.5, 0.6) is 5.75 Å². The molecule has 0 bridgehead atoms. The lowest BCUT2D eigenvalue weighted by Crippen LogP contribution is -2.42. The monoisotopic (exact) mass is 437 g/mol. The van der Waals surface area contributed by atoms with Gasteiger partial charge in [0.15, 0.2) is 0 Å². The van der Waals surface area contributed by atoms with Crippen LogP contribution in [0.25, 0.3) is 0 Å². The summed E-state index contributed by atoms with van der Waals surface area (Å²) in [6.07, 6.45) is 15.4. The molecular weight excluding hydrogens is 398 g/mol. The molecule has 0 aliphatic rings. The minimum atomic E-state index is -2.13. The van der Waals surface area contributed by atoms with Gasteiger partial charge in [-0.3, -0.25) is 4.79 Å². The molecule has 2 aromatic carbocycles. The van der Waals surface area contributed by atoms with E-state index >= 15 is 0 Å². The fraction of sp³-hybridized carbons (Fsp3) is 0.464. The maximum atomic E-state index is 12.7. The number of Topliss-reactive ketones (excluding diaryl/α,β-unsaturated/α-hetero) is 1. The molecule has 4 nitrogen and oxygen atoms in total. The predicted octanol–water partition coefficient (Wildman–Crippen LogP) is 6.87. The standard InChI is InChI=1S/C28H39NO3/c1-3-5-6-7-8-9-10-11-12-13-14-23-15-21-26(22-16-23)32-28(31,4-2)27(30)24-17-19-25(29)20-18-24/h4,15-22,31H,2-3,5-14,29H2,1H3. The average molecular weight is 438 g/mol. The molecule has 32 heavy (non-hydrogen) atoms. The maximum absolute atomic E-state index is 12.7. The second-order valence-corrected chi connectivity index (χ2v) is 8.53. The van der Waals surface area contributed by atoms with E-state index in [1.165, 1.54) is 69.8 Å². The van der Waals surface area contributed by atoms with Crippen molar-refractivity contribution in [3.8, 4) is 5.75 Å². The fourth-order valence-electron chi connectivity index (χ4n) is 3.74. The Morgan fingerprint density at radius 2 is 1.44 bits per heavy atom. The van der Waals surface area contributed by atoms with Crippen LogP contribution in [0.15, 0.2) is 61.2 Å². The van der Waals surface area contributed by atoms with Crippen molar-refractivity contribution in [2.75, 3.05) is 5.73 Å². The summed E-state index contributed by atoms with van der Waals surface area (Å²) in [6, 6.07) is 13.9. The lowest BCUT2D eigenvalue weighted by molar-refractivity contribution is -0.0626. The van der Waals surface area contributed by atoms with Gasteiger partial charge in [-0.15, -0.1) is 0 Å². The quantitative estimate of drug-likeness (QED) is 0.0988. The zero-order valence-corrected chi connectivity index (χ0v) is 19.5. The highest BCUT2D eigenvalue weighted by Gasteiger charge is 2.36. The molecule has 0 amide bonds. The molecule has 0 saturated carbocycles. The smallest absolute Gasteiger partial charge is 0.292 e. The van der Waals surface area contributed by atoms with Crippen molar-refractivity contribution in [1.82, 2.24) is 0 Å². The molecule has 0 spiro atoms. The number of nitrogens with two attached hydrogens (primary N) is 1. The Bertz CT molecular complexity index is 814. The molecule has 0 fully saturated rings.